The molecule has 6 N–H and O–H groups in total. The summed E-state index contributed by atoms with van der Waals surface area (Å²) in [5.74, 6) is -0.500. The van der Waals surface area contributed by atoms with Crippen molar-refractivity contribution in [1.29, 1.82) is 5.26 Å². The van der Waals surface area contributed by atoms with E-state index in [1.165, 1.54) is 16.9 Å². The van der Waals surface area contributed by atoms with E-state index in [-0.39, 0.29) is 18.1 Å². The van der Waals surface area contributed by atoms with E-state index in [1.807, 2.05) is 6.07 Å². The van der Waals surface area contributed by atoms with Crippen molar-refractivity contribution in [3.05, 3.63) is 24.2 Å². The van der Waals surface area contributed by atoms with Crippen LogP contribution in [0.15, 0.2) is 18.5 Å². The number of esters is 1. The molecule has 2 aromatic heterocycles. The van der Waals surface area contributed by atoms with Crippen LogP contribution in [0.3, 0.4) is 0 Å². The van der Waals surface area contributed by atoms with Crippen molar-refractivity contribution in [2.45, 2.75) is 50.7 Å². The number of nitrogens with two attached hydrogens (primary N) is 2. The molecule has 1 aliphatic rings. The van der Waals surface area contributed by atoms with Crippen LogP contribution in [0.4, 0.5) is 5.82 Å². The highest BCUT2D eigenvalue weighted by molar-refractivity contribution is 5.76. The Bertz CT molecular complexity index is 964. The molecular formula is C18H24N6O5. The lowest BCUT2D eigenvalue weighted by atomic mass is 9.87. The van der Waals surface area contributed by atoms with E-state index in [9.17, 15) is 20.3 Å². The third kappa shape index (κ3) is 3.40. The van der Waals surface area contributed by atoms with Gasteiger partial charge >= 0.3 is 5.97 Å². The van der Waals surface area contributed by atoms with E-state index in [2.05, 4.69) is 10.1 Å². The summed E-state index contributed by atoms with van der Waals surface area (Å²) in [4.78, 5) is 16.0. The van der Waals surface area contributed by atoms with Gasteiger partial charge in [-0.3, -0.25) is 4.79 Å². The van der Waals surface area contributed by atoms with E-state index in [0.717, 1.165) is 0 Å². The van der Waals surface area contributed by atoms with E-state index in [0.29, 0.717) is 5.52 Å². The maximum absolute atomic E-state index is 12.2. The lowest BCUT2D eigenvalue weighted by molar-refractivity contribution is -0.154. The Labute approximate surface area is 166 Å². The third-order valence-electron chi connectivity index (χ3n) is 5.06. The zero-order valence-electron chi connectivity index (χ0n) is 16.3. The first kappa shape index (κ1) is 20.9. The minimum atomic E-state index is -1.95. The van der Waals surface area contributed by atoms with Gasteiger partial charge in [0.25, 0.3) is 0 Å². The summed E-state index contributed by atoms with van der Waals surface area (Å²) in [6, 6.07) is 4.10. The molecule has 0 bridgehead atoms. The normalized spacial score (nSPS) is 28.2. The first-order valence-corrected chi connectivity index (χ1v) is 8.99. The maximum atomic E-state index is 12.2. The highest BCUT2D eigenvalue weighted by atomic mass is 16.6. The van der Waals surface area contributed by atoms with E-state index in [4.69, 9.17) is 20.9 Å². The van der Waals surface area contributed by atoms with Crippen LogP contribution in [-0.2, 0) is 19.9 Å². The van der Waals surface area contributed by atoms with Gasteiger partial charge in [-0.15, -0.1) is 0 Å². The summed E-state index contributed by atoms with van der Waals surface area (Å²) in [5, 5.41) is 35.0. The predicted molar refractivity (Wildman–Crippen MR) is 100.0 cm³/mol. The van der Waals surface area contributed by atoms with Crippen molar-refractivity contribution >= 4 is 17.3 Å². The second-order valence-electron chi connectivity index (χ2n) is 8.07. The zero-order valence-corrected chi connectivity index (χ0v) is 16.3. The summed E-state index contributed by atoms with van der Waals surface area (Å²) >= 11 is 0. The molecule has 0 unspecified atom stereocenters. The maximum Gasteiger partial charge on any atom is 0.323 e. The lowest BCUT2D eigenvalue weighted by Gasteiger charge is -2.26. The molecule has 0 radical (unpaired) electrons. The average molecular weight is 404 g/mol. The van der Waals surface area contributed by atoms with Gasteiger partial charge in [-0.25, -0.2) is 9.50 Å². The number of nitrogen functional groups attached to an aromatic ring is 1. The molecule has 29 heavy (non-hydrogen) atoms. The van der Waals surface area contributed by atoms with Gasteiger partial charge in [0.1, 0.15) is 48.9 Å². The van der Waals surface area contributed by atoms with Gasteiger partial charge in [0.2, 0.25) is 5.60 Å². The molecule has 0 aromatic carbocycles. The van der Waals surface area contributed by atoms with Gasteiger partial charge in [0.15, 0.2) is 5.82 Å². The Morgan fingerprint density at radius 2 is 2.17 bits per heavy atom. The van der Waals surface area contributed by atoms with Crippen LogP contribution in [0.1, 0.15) is 26.5 Å². The van der Waals surface area contributed by atoms with Gasteiger partial charge in [-0.1, -0.05) is 20.8 Å². The number of hydrogen-bond acceptors (Lipinski definition) is 10. The number of hydrogen-bond donors (Lipinski definition) is 4. The van der Waals surface area contributed by atoms with Crippen LogP contribution >= 0.6 is 0 Å². The molecule has 156 valence electrons. The number of ether oxygens (including phenoxy) is 2. The van der Waals surface area contributed by atoms with Crippen molar-refractivity contribution in [1.82, 2.24) is 14.6 Å². The molecule has 5 atom stereocenters. The molecule has 2 aromatic rings. The fourth-order valence-corrected chi connectivity index (χ4v) is 3.16. The Hall–Kier alpha value is -2.78. The average Bonchev–Trinajstić information content (AvgIpc) is 3.21. The first-order chi connectivity index (χ1) is 13.5. The van der Waals surface area contributed by atoms with Gasteiger partial charge in [-0.2, -0.15) is 10.4 Å². The van der Waals surface area contributed by atoms with Crippen LogP contribution in [0.5, 0.6) is 0 Å². The number of carbonyl (C=O) groups excluding carboxylic acids is 1. The number of rotatable bonds is 4. The Balaban J connectivity index is 1.86. The van der Waals surface area contributed by atoms with Crippen molar-refractivity contribution in [3.8, 4) is 6.07 Å². The number of anilines is 1. The van der Waals surface area contributed by atoms with Crippen molar-refractivity contribution in [2.75, 3.05) is 12.3 Å². The van der Waals surface area contributed by atoms with E-state index in [1.54, 1.807) is 26.8 Å². The fraction of sp³-hybridized carbons (Fsp3) is 0.556. The molecule has 1 fully saturated rings. The predicted octanol–water partition coefficient (Wildman–Crippen LogP) is -0.932. The van der Waals surface area contributed by atoms with Gasteiger partial charge in [0, 0.05) is 0 Å². The number of nitrogens with zero attached hydrogens (tertiary/aromatic N) is 4. The van der Waals surface area contributed by atoms with Crippen LogP contribution in [0.25, 0.3) is 5.52 Å². The molecule has 1 aliphatic heterocycles. The number of nitriles is 1. The molecule has 1 saturated heterocycles. The SMILES string of the molecule is CC(C)(C)[C@H](N)C(=O)OC[C@H]1O[C@@](C#N)(c2ccc3c(N)ncnn23)[C@H](O)[C@@H]1O. The second-order valence-corrected chi connectivity index (χ2v) is 8.07. The molecule has 0 amide bonds. The quantitative estimate of drug-likeness (QED) is 0.464. The fourth-order valence-electron chi connectivity index (χ4n) is 3.16. The smallest absolute Gasteiger partial charge is 0.323 e. The monoisotopic (exact) mass is 404 g/mol. The standard InChI is InChI=1S/C18H24N6O5/c1-17(2,3)13(20)16(27)28-6-10-12(25)14(26)18(7-19,29-10)11-5-4-9-15(21)22-8-23-24(9)11/h4-5,8,10,12-14,25-26H,6,20H2,1-3H3,(H2,21,22,23)/t10-,12-,13-,14-,18+/m1/s1. The van der Waals surface area contributed by atoms with Crippen LogP contribution in [-0.4, -0.2) is 61.7 Å². The molecule has 3 rings (SSSR count). The number of aliphatic hydroxyl groups excluding tert-OH is 2. The number of aromatic nitrogens is 3. The van der Waals surface area contributed by atoms with Gasteiger partial charge in [0.05, 0.1) is 5.69 Å². The molecule has 3 heterocycles. The van der Waals surface area contributed by atoms with Crippen molar-refractivity contribution < 1.29 is 24.5 Å². The summed E-state index contributed by atoms with van der Waals surface area (Å²) in [7, 11) is 0. The molecular weight excluding hydrogens is 380 g/mol. The van der Waals surface area contributed by atoms with Gasteiger partial charge in [-0.05, 0) is 17.5 Å². The molecule has 11 nitrogen and oxygen atoms in total. The number of aliphatic hydroxyl groups is 2. The topological polar surface area (TPSA) is 182 Å². The van der Waals surface area contributed by atoms with Crippen LogP contribution in [0, 0.1) is 16.7 Å². The van der Waals surface area contributed by atoms with Crippen molar-refractivity contribution in [2.24, 2.45) is 11.1 Å². The van der Waals surface area contributed by atoms with Crippen LogP contribution in [0.2, 0.25) is 0 Å². The molecule has 0 aliphatic carbocycles. The van der Waals surface area contributed by atoms with Crippen LogP contribution < -0.4 is 11.5 Å². The van der Waals surface area contributed by atoms with Crippen molar-refractivity contribution in [3.63, 3.8) is 0 Å². The summed E-state index contributed by atoms with van der Waals surface area (Å²) < 4.78 is 12.2. The minimum Gasteiger partial charge on any atom is -0.462 e. The second kappa shape index (κ2) is 7.23. The Kier molecular flexibility index (Phi) is 5.22. The van der Waals surface area contributed by atoms with Gasteiger partial charge < -0.3 is 31.2 Å². The highest BCUT2D eigenvalue weighted by Crippen LogP contribution is 2.40. The summed E-state index contributed by atoms with van der Waals surface area (Å²) in [5.41, 5.74) is 9.78. The Morgan fingerprint density at radius 3 is 2.79 bits per heavy atom. The largest absolute Gasteiger partial charge is 0.462 e. The first-order valence-electron chi connectivity index (χ1n) is 8.99. The molecule has 11 heteroatoms. The molecule has 0 saturated carbocycles. The number of fused-ring (bicyclic) bond motifs is 1. The van der Waals surface area contributed by atoms with E-state index >= 15 is 0 Å². The summed E-state index contributed by atoms with van der Waals surface area (Å²) in [6.45, 7) is 4.98. The summed E-state index contributed by atoms with van der Waals surface area (Å²) in [6.07, 6.45) is -3.06. The number of carbonyl (C=O) groups is 1. The lowest BCUT2D eigenvalue weighted by Crippen LogP contribution is -2.44. The zero-order chi connectivity index (χ0) is 21.6. The van der Waals surface area contributed by atoms with E-state index < -0.39 is 41.3 Å². The Morgan fingerprint density at radius 1 is 1.48 bits per heavy atom. The highest BCUT2D eigenvalue weighted by Gasteiger charge is 2.58. The molecule has 0 spiro atoms. The minimum absolute atomic E-state index is 0.163. The third-order valence-corrected chi connectivity index (χ3v) is 5.06.